The number of thioether (sulfide) groups is 1. The minimum Gasteiger partial charge on any atom is -0.497 e. The van der Waals surface area contributed by atoms with Crippen LogP contribution in [0.1, 0.15) is 12.5 Å². The van der Waals surface area contributed by atoms with Gasteiger partial charge in [0.25, 0.3) is 0 Å². The maximum atomic E-state index is 12.0. The van der Waals surface area contributed by atoms with Crippen LogP contribution >= 0.6 is 11.8 Å². The molecule has 138 valence electrons. The lowest BCUT2D eigenvalue weighted by atomic mass is 10.2. The largest absolute Gasteiger partial charge is 0.497 e. The number of nitrogens with zero attached hydrogens (tertiary/aromatic N) is 5. The molecular formula is C18H18N6O2S. The van der Waals surface area contributed by atoms with Crippen LogP contribution in [0.4, 0.5) is 5.69 Å². The second kappa shape index (κ2) is 8.45. The topological polar surface area (TPSA) is 94.3 Å². The Morgan fingerprint density at radius 3 is 2.48 bits per heavy atom. The second-order valence-electron chi connectivity index (χ2n) is 5.62. The maximum absolute atomic E-state index is 12.0. The van der Waals surface area contributed by atoms with Crippen LogP contribution in [-0.4, -0.2) is 38.1 Å². The smallest absolute Gasteiger partial charge is 0.220 e. The Bertz CT molecular complexity index is 951. The number of carbonyl (C=O) groups excluding carboxylic acids is 1. The van der Waals surface area contributed by atoms with Gasteiger partial charge in [-0.05, 0) is 65.5 Å². The first-order valence-electron chi connectivity index (χ1n) is 8.09. The number of rotatable bonds is 6. The van der Waals surface area contributed by atoms with Crippen LogP contribution in [0.15, 0.2) is 58.8 Å². The van der Waals surface area contributed by atoms with E-state index in [2.05, 4.69) is 26.1 Å². The van der Waals surface area contributed by atoms with Crippen LogP contribution in [0.2, 0.25) is 0 Å². The van der Waals surface area contributed by atoms with Gasteiger partial charge in [0.05, 0.1) is 18.5 Å². The second-order valence-corrected chi connectivity index (χ2v) is 6.58. The molecule has 0 bridgehead atoms. The number of Topliss-reactive ketones (excluding diaryl/α,β-unsaturated/α-hetero) is 1. The van der Waals surface area contributed by atoms with E-state index in [0.29, 0.717) is 5.16 Å². The molecule has 3 rings (SSSR count). The van der Waals surface area contributed by atoms with Crippen molar-refractivity contribution in [1.82, 2.24) is 20.2 Å². The van der Waals surface area contributed by atoms with Gasteiger partial charge in [0, 0.05) is 6.92 Å². The molecule has 1 N–H and O–H groups in total. The maximum Gasteiger partial charge on any atom is 0.220 e. The predicted molar refractivity (Wildman–Crippen MR) is 104 cm³/mol. The summed E-state index contributed by atoms with van der Waals surface area (Å²) in [6.07, 6.45) is 0. The van der Waals surface area contributed by atoms with Gasteiger partial charge < -0.3 is 4.74 Å². The van der Waals surface area contributed by atoms with Gasteiger partial charge in [0.1, 0.15) is 5.75 Å². The molecule has 9 heteroatoms. The van der Waals surface area contributed by atoms with Gasteiger partial charge in [-0.3, -0.25) is 10.2 Å². The average molecular weight is 382 g/mol. The molecule has 1 aromatic heterocycles. The first-order chi connectivity index (χ1) is 13.1. The molecule has 8 nitrogen and oxygen atoms in total. The molecule has 1 heterocycles. The van der Waals surface area contributed by atoms with Crippen molar-refractivity contribution < 1.29 is 9.53 Å². The Morgan fingerprint density at radius 2 is 1.85 bits per heavy atom. The van der Waals surface area contributed by atoms with Crippen molar-refractivity contribution in [2.24, 2.45) is 5.10 Å². The molecular weight excluding hydrogens is 364 g/mol. The van der Waals surface area contributed by atoms with Crippen molar-refractivity contribution in [3.63, 3.8) is 0 Å². The molecule has 0 saturated carbocycles. The summed E-state index contributed by atoms with van der Waals surface area (Å²) in [6, 6.07) is 15.0. The van der Waals surface area contributed by atoms with Crippen LogP contribution in [0.25, 0.3) is 5.69 Å². The number of ketones is 1. The van der Waals surface area contributed by atoms with Crippen LogP contribution in [-0.2, 0) is 4.79 Å². The Hall–Kier alpha value is -3.20. The summed E-state index contributed by atoms with van der Waals surface area (Å²) in [5.74, 6) is 0.544. The zero-order valence-electron chi connectivity index (χ0n) is 15.1. The summed E-state index contributed by atoms with van der Waals surface area (Å²) in [5, 5.41) is 16.6. The molecule has 0 radical (unpaired) electrons. The third-order valence-corrected chi connectivity index (χ3v) is 4.59. The third-order valence-electron chi connectivity index (χ3n) is 3.59. The Balaban J connectivity index is 1.79. The van der Waals surface area contributed by atoms with E-state index in [0.717, 1.165) is 34.4 Å². The van der Waals surface area contributed by atoms with E-state index >= 15 is 0 Å². The Labute approximate surface area is 160 Å². The fraction of sp³-hybridized carbons (Fsp3) is 0.167. The number of carbonyl (C=O) groups is 1. The van der Waals surface area contributed by atoms with Gasteiger partial charge in [0.15, 0.2) is 10.8 Å². The standard InChI is InChI=1S/C18H18N6O2S/c1-12-4-8-15(9-5-12)24-18(21-22-23-24)27-17(13(2)25)20-19-14-6-10-16(26-3)11-7-14/h4-11,19H,1-3H3/b20-17-. The number of hydrogen-bond acceptors (Lipinski definition) is 8. The number of methoxy groups -OCH3 is 1. The highest BCUT2D eigenvalue weighted by Crippen LogP contribution is 2.21. The summed E-state index contributed by atoms with van der Waals surface area (Å²) in [6.45, 7) is 3.45. The first kappa shape index (κ1) is 18.6. The zero-order valence-corrected chi connectivity index (χ0v) is 15.9. The number of aromatic nitrogens is 4. The minimum absolute atomic E-state index is 0.195. The van der Waals surface area contributed by atoms with Crippen molar-refractivity contribution >= 4 is 28.3 Å². The quantitative estimate of drug-likeness (QED) is 0.303. The number of nitrogens with one attached hydrogen (secondary N) is 1. The molecule has 3 aromatic rings. The highest BCUT2D eigenvalue weighted by Gasteiger charge is 2.16. The summed E-state index contributed by atoms with van der Waals surface area (Å²) in [7, 11) is 1.60. The molecule has 0 unspecified atom stereocenters. The van der Waals surface area contributed by atoms with E-state index < -0.39 is 0 Å². The highest BCUT2D eigenvalue weighted by atomic mass is 32.2. The fourth-order valence-electron chi connectivity index (χ4n) is 2.13. The summed E-state index contributed by atoms with van der Waals surface area (Å²) in [4.78, 5) is 12.0. The first-order valence-corrected chi connectivity index (χ1v) is 8.90. The van der Waals surface area contributed by atoms with Crippen LogP contribution in [0.3, 0.4) is 0 Å². The van der Waals surface area contributed by atoms with E-state index in [1.54, 1.807) is 36.1 Å². The van der Waals surface area contributed by atoms with Crippen molar-refractivity contribution in [2.45, 2.75) is 19.0 Å². The van der Waals surface area contributed by atoms with E-state index in [1.165, 1.54) is 6.92 Å². The summed E-state index contributed by atoms with van der Waals surface area (Å²) in [5.41, 5.74) is 5.54. The lowest BCUT2D eigenvalue weighted by molar-refractivity contribution is -0.110. The Morgan fingerprint density at radius 1 is 1.15 bits per heavy atom. The van der Waals surface area contributed by atoms with Crippen molar-refractivity contribution in [2.75, 3.05) is 12.5 Å². The monoisotopic (exact) mass is 382 g/mol. The van der Waals surface area contributed by atoms with Crippen LogP contribution < -0.4 is 10.2 Å². The SMILES string of the molecule is COc1ccc(N/N=C(\Sc2nnnn2-c2ccc(C)cc2)C(C)=O)cc1. The molecule has 0 amide bonds. The van der Waals surface area contributed by atoms with Gasteiger partial charge in [-0.1, -0.05) is 17.7 Å². The van der Waals surface area contributed by atoms with E-state index in [1.807, 2.05) is 31.2 Å². The molecule has 0 aliphatic carbocycles. The lowest BCUT2D eigenvalue weighted by Gasteiger charge is -2.06. The molecule has 27 heavy (non-hydrogen) atoms. The molecule has 0 saturated heterocycles. The summed E-state index contributed by atoms with van der Waals surface area (Å²) < 4.78 is 6.68. The average Bonchev–Trinajstić information content (AvgIpc) is 3.14. The third kappa shape index (κ3) is 4.70. The molecule has 0 atom stereocenters. The zero-order chi connectivity index (χ0) is 19.2. The molecule has 0 aliphatic heterocycles. The normalized spacial score (nSPS) is 11.3. The lowest BCUT2D eigenvalue weighted by Crippen LogP contribution is -2.10. The number of anilines is 1. The van der Waals surface area contributed by atoms with Crippen molar-refractivity contribution in [3.05, 3.63) is 54.1 Å². The van der Waals surface area contributed by atoms with Gasteiger partial charge in [-0.2, -0.15) is 9.78 Å². The van der Waals surface area contributed by atoms with Gasteiger partial charge in [-0.25, -0.2) is 0 Å². The summed E-state index contributed by atoms with van der Waals surface area (Å²) >= 11 is 1.10. The van der Waals surface area contributed by atoms with Gasteiger partial charge in [0.2, 0.25) is 5.16 Å². The predicted octanol–water partition coefficient (Wildman–Crippen LogP) is 3.09. The number of hydrogen-bond donors (Lipinski definition) is 1. The Kier molecular flexibility index (Phi) is 5.82. The number of tetrazole rings is 1. The van der Waals surface area contributed by atoms with Crippen LogP contribution in [0, 0.1) is 6.92 Å². The molecule has 0 spiro atoms. The number of ether oxygens (including phenoxy) is 1. The van der Waals surface area contributed by atoms with Gasteiger partial charge in [-0.15, -0.1) is 5.10 Å². The fourth-order valence-corrected chi connectivity index (χ4v) is 2.85. The minimum atomic E-state index is -0.195. The van der Waals surface area contributed by atoms with E-state index in [4.69, 9.17) is 4.74 Å². The van der Waals surface area contributed by atoms with E-state index in [-0.39, 0.29) is 10.8 Å². The number of aryl methyl sites for hydroxylation is 1. The number of hydrazone groups is 1. The molecule has 0 fully saturated rings. The van der Waals surface area contributed by atoms with Gasteiger partial charge >= 0.3 is 0 Å². The van der Waals surface area contributed by atoms with Crippen molar-refractivity contribution in [3.8, 4) is 11.4 Å². The van der Waals surface area contributed by atoms with E-state index in [9.17, 15) is 4.79 Å². The number of benzene rings is 2. The van der Waals surface area contributed by atoms with Crippen LogP contribution in [0.5, 0.6) is 5.75 Å². The molecule has 0 aliphatic rings. The van der Waals surface area contributed by atoms with Crippen molar-refractivity contribution in [1.29, 1.82) is 0 Å². The highest BCUT2D eigenvalue weighted by molar-refractivity contribution is 8.15. The molecule has 2 aromatic carbocycles.